The van der Waals surface area contributed by atoms with E-state index in [4.69, 9.17) is 5.73 Å². The molecular weight excluding hydrogens is 326 g/mol. The molecule has 3 rings (SSSR count). The van der Waals surface area contributed by atoms with Crippen LogP contribution in [0.1, 0.15) is 38.4 Å². The first kappa shape index (κ1) is 16.6. The number of imide groups is 1. The zero-order valence-electron chi connectivity index (χ0n) is 13.5. The number of rotatable bonds is 4. The van der Waals surface area contributed by atoms with Crippen LogP contribution in [0.2, 0.25) is 0 Å². The molecule has 0 saturated heterocycles. The molecule has 0 unspecified atom stereocenters. The second kappa shape index (κ2) is 7.12. The van der Waals surface area contributed by atoms with E-state index < -0.39 is 6.03 Å². The summed E-state index contributed by atoms with van der Waals surface area (Å²) in [5.74, 6) is 1.30. The van der Waals surface area contributed by atoms with E-state index in [1.807, 2.05) is 18.4 Å². The van der Waals surface area contributed by atoms with Gasteiger partial charge in [0, 0.05) is 18.4 Å². The average molecular weight is 347 g/mol. The minimum absolute atomic E-state index is 0.145. The first-order chi connectivity index (χ1) is 11.6. The number of carbonyl (C=O) groups is 2. The van der Waals surface area contributed by atoms with Gasteiger partial charge in [0.05, 0.1) is 5.39 Å². The van der Waals surface area contributed by atoms with E-state index in [1.54, 1.807) is 11.3 Å². The zero-order valence-corrected chi connectivity index (χ0v) is 14.4. The lowest BCUT2D eigenvalue weighted by molar-refractivity contribution is -0.124. The molecule has 2 aromatic heterocycles. The highest BCUT2D eigenvalue weighted by atomic mass is 32.1. The molecule has 0 atom stereocenters. The van der Waals surface area contributed by atoms with Gasteiger partial charge in [-0.25, -0.2) is 14.8 Å². The monoisotopic (exact) mass is 347 g/mol. The molecule has 1 saturated carbocycles. The van der Waals surface area contributed by atoms with Crippen molar-refractivity contribution >= 4 is 39.3 Å². The molecular formula is C16H21N5O2S. The maximum atomic E-state index is 11.8. The van der Waals surface area contributed by atoms with Gasteiger partial charge in [0.15, 0.2) is 0 Å². The van der Waals surface area contributed by atoms with Crippen molar-refractivity contribution in [3.63, 3.8) is 0 Å². The Morgan fingerprint density at radius 3 is 2.71 bits per heavy atom. The highest BCUT2D eigenvalue weighted by Crippen LogP contribution is 2.30. The van der Waals surface area contributed by atoms with E-state index >= 15 is 0 Å². The Balaban J connectivity index is 1.65. The van der Waals surface area contributed by atoms with E-state index in [9.17, 15) is 9.59 Å². The van der Waals surface area contributed by atoms with Crippen molar-refractivity contribution in [1.29, 1.82) is 0 Å². The topological polar surface area (TPSA) is 110 Å². The number of fused-ring (bicyclic) bond motifs is 1. The molecule has 2 aromatic rings. The minimum atomic E-state index is -0.784. The van der Waals surface area contributed by atoms with Crippen LogP contribution in [0.5, 0.6) is 0 Å². The van der Waals surface area contributed by atoms with Gasteiger partial charge in [0.1, 0.15) is 16.5 Å². The standard InChI is InChI=1S/C16H21N5O2S/c1-2-12-19-13(11-7-8-24-15(11)20-12)18-10-5-3-9(4-6-10)14(22)21-16(17)23/h7-10H,2-6H2,1H3,(H,18,19,20)(H3,17,21,22,23). The lowest BCUT2D eigenvalue weighted by atomic mass is 9.85. The van der Waals surface area contributed by atoms with Crippen molar-refractivity contribution in [2.45, 2.75) is 45.1 Å². The molecule has 4 N–H and O–H groups in total. The smallest absolute Gasteiger partial charge is 0.318 e. The van der Waals surface area contributed by atoms with Gasteiger partial charge in [-0.2, -0.15) is 0 Å². The molecule has 0 bridgehead atoms. The molecule has 0 spiro atoms. The summed E-state index contributed by atoms with van der Waals surface area (Å²) in [5, 5.41) is 8.76. The van der Waals surface area contributed by atoms with Crippen molar-refractivity contribution in [2.75, 3.05) is 5.32 Å². The van der Waals surface area contributed by atoms with Crippen LogP contribution in [-0.4, -0.2) is 27.9 Å². The Morgan fingerprint density at radius 1 is 1.29 bits per heavy atom. The Bertz CT molecular complexity index is 752. The van der Waals surface area contributed by atoms with Gasteiger partial charge >= 0.3 is 6.03 Å². The van der Waals surface area contributed by atoms with E-state index in [1.165, 1.54) is 0 Å². The average Bonchev–Trinajstić information content (AvgIpc) is 3.03. The number of carbonyl (C=O) groups excluding carboxylic acids is 2. The molecule has 0 aromatic carbocycles. The van der Waals surface area contributed by atoms with Crippen LogP contribution in [0.15, 0.2) is 11.4 Å². The largest absolute Gasteiger partial charge is 0.367 e. The fourth-order valence-corrected chi connectivity index (χ4v) is 3.87. The molecule has 1 fully saturated rings. The maximum absolute atomic E-state index is 11.8. The maximum Gasteiger partial charge on any atom is 0.318 e. The van der Waals surface area contributed by atoms with Crippen LogP contribution < -0.4 is 16.4 Å². The van der Waals surface area contributed by atoms with Crippen molar-refractivity contribution in [3.05, 3.63) is 17.3 Å². The number of nitrogens with zero attached hydrogens (tertiary/aromatic N) is 2. The van der Waals surface area contributed by atoms with Gasteiger partial charge in [-0.1, -0.05) is 6.92 Å². The van der Waals surface area contributed by atoms with E-state index in [2.05, 4.69) is 20.6 Å². The fraction of sp³-hybridized carbons (Fsp3) is 0.500. The highest BCUT2D eigenvalue weighted by molar-refractivity contribution is 7.16. The van der Waals surface area contributed by atoms with Gasteiger partial charge in [-0.15, -0.1) is 11.3 Å². The van der Waals surface area contributed by atoms with Gasteiger partial charge in [0.25, 0.3) is 0 Å². The minimum Gasteiger partial charge on any atom is -0.367 e. The summed E-state index contributed by atoms with van der Waals surface area (Å²) in [6.07, 6.45) is 3.97. The zero-order chi connectivity index (χ0) is 17.1. The van der Waals surface area contributed by atoms with E-state index in [0.29, 0.717) is 0 Å². The summed E-state index contributed by atoms with van der Waals surface area (Å²) in [4.78, 5) is 32.8. The molecule has 128 valence electrons. The molecule has 7 nitrogen and oxygen atoms in total. The summed E-state index contributed by atoms with van der Waals surface area (Å²) < 4.78 is 0. The summed E-state index contributed by atoms with van der Waals surface area (Å²) in [5.41, 5.74) is 5.00. The van der Waals surface area contributed by atoms with Crippen molar-refractivity contribution in [2.24, 2.45) is 11.7 Å². The Morgan fingerprint density at radius 2 is 2.04 bits per heavy atom. The predicted octanol–water partition coefficient (Wildman–Crippen LogP) is 2.42. The van der Waals surface area contributed by atoms with Crippen molar-refractivity contribution in [1.82, 2.24) is 15.3 Å². The third-order valence-corrected chi connectivity index (χ3v) is 5.18. The lowest BCUT2D eigenvalue weighted by Crippen LogP contribution is -2.41. The lowest BCUT2D eigenvalue weighted by Gasteiger charge is -2.28. The molecule has 0 radical (unpaired) electrons. The molecule has 1 aliphatic carbocycles. The SMILES string of the molecule is CCc1nc(NC2CCC(C(=O)NC(N)=O)CC2)c2ccsc2n1. The second-order valence-electron chi connectivity index (χ2n) is 6.03. The summed E-state index contributed by atoms with van der Waals surface area (Å²) >= 11 is 1.62. The van der Waals surface area contributed by atoms with Crippen LogP contribution in [0.4, 0.5) is 10.6 Å². The van der Waals surface area contributed by atoms with Gasteiger partial charge in [0.2, 0.25) is 5.91 Å². The molecule has 0 aliphatic heterocycles. The summed E-state index contributed by atoms with van der Waals surface area (Å²) in [6, 6.07) is 1.52. The number of anilines is 1. The number of aryl methyl sites for hydroxylation is 1. The van der Waals surface area contributed by atoms with E-state index in [0.717, 1.165) is 54.0 Å². The number of nitrogens with two attached hydrogens (primary N) is 1. The van der Waals surface area contributed by atoms with Crippen LogP contribution in [0, 0.1) is 5.92 Å². The number of nitrogens with one attached hydrogen (secondary N) is 2. The fourth-order valence-electron chi connectivity index (χ4n) is 3.08. The molecule has 2 heterocycles. The third-order valence-electron chi connectivity index (χ3n) is 4.37. The summed E-state index contributed by atoms with van der Waals surface area (Å²) in [7, 11) is 0. The number of aromatic nitrogens is 2. The molecule has 8 heteroatoms. The number of amides is 3. The van der Waals surface area contributed by atoms with E-state index in [-0.39, 0.29) is 17.9 Å². The van der Waals surface area contributed by atoms with Gasteiger partial charge in [-0.3, -0.25) is 10.1 Å². The Labute approximate surface area is 144 Å². The van der Waals surface area contributed by atoms with Crippen LogP contribution >= 0.6 is 11.3 Å². The van der Waals surface area contributed by atoms with Crippen molar-refractivity contribution in [3.8, 4) is 0 Å². The number of primary amides is 1. The third kappa shape index (κ3) is 3.64. The molecule has 1 aliphatic rings. The van der Waals surface area contributed by atoms with Crippen LogP contribution in [-0.2, 0) is 11.2 Å². The number of hydrogen-bond acceptors (Lipinski definition) is 6. The second-order valence-corrected chi connectivity index (χ2v) is 6.92. The Hall–Kier alpha value is -2.22. The van der Waals surface area contributed by atoms with Crippen molar-refractivity contribution < 1.29 is 9.59 Å². The first-order valence-corrected chi connectivity index (χ1v) is 9.05. The molecule has 3 amide bonds. The van der Waals surface area contributed by atoms with Gasteiger partial charge < -0.3 is 11.1 Å². The van der Waals surface area contributed by atoms with Crippen LogP contribution in [0.3, 0.4) is 0 Å². The van der Waals surface area contributed by atoms with Gasteiger partial charge in [-0.05, 0) is 37.1 Å². The number of hydrogen-bond donors (Lipinski definition) is 3. The number of thiophene rings is 1. The Kier molecular flexibility index (Phi) is 4.94. The highest BCUT2D eigenvalue weighted by Gasteiger charge is 2.27. The van der Waals surface area contributed by atoms with Crippen LogP contribution in [0.25, 0.3) is 10.2 Å². The number of urea groups is 1. The normalized spacial score (nSPS) is 20.7. The molecule has 24 heavy (non-hydrogen) atoms. The first-order valence-electron chi connectivity index (χ1n) is 8.17. The predicted molar refractivity (Wildman–Crippen MR) is 93.9 cm³/mol. The summed E-state index contributed by atoms with van der Waals surface area (Å²) in [6.45, 7) is 2.04. The quantitative estimate of drug-likeness (QED) is 0.787.